The Balaban J connectivity index is 0.000000236. The number of hydrogen-bond acceptors (Lipinski definition) is 14. The molecular formula is C60H64F8N4O10. The molecule has 2 aromatic heterocycles. The van der Waals surface area contributed by atoms with Crippen molar-refractivity contribution in [1.29, 1.82) is 0 Å². The zero-order valence-electron chi connectivity index (χ0n) is 45.3. The van der Waals surface area contributed by atoms with Crippen LogP contribution >= 0.6 is 0 Å². The SMILES string of the molecule is CC(C)(N)c1cc(-c2ccc(F)cc2)nc([C@@](O)(CCC(=O)c2ccc(OCCO)c(OC3CC3)c2)C(F)(F)F)c1.CC(C)(N)c1cc(-c2ccc(F)cc2)nc([C@](O)(CCC(=O)c2ccc(OCCO)c(OC3CC3)c2)C(F)(F)F)c1. The number of aliphatic hydroxyl groups excluding tert-OH is 2. The van der Waals surface area contributed by atoms with Gasteiger partial charge in [-0.05, 0) is 187 Å². The molecule has 6 aromatic rings. The van der Waals surface area contributed by atoms with Crippen molar-refractivity contribution in [2.75, 3.05) is 26.4 Å². The number of aromatic nitrogens is 2. The Hall–Kier alpha value is -7.08. The van der Waals surface area contributed by atoms with Gasteiger partial charge in [-0.2, -0.15) is 26.3 Å². The van der Waals surface area contributed by atoms with Crippen LogP contribution in [0.15, 0.2) is 109 Å². The highest BCUT2D eigenvalue weighted by atomic mass is 19.4. The number of pyridine rings is 2. The van der Waals surface area contributed by atoms with Gasteiger partial charge in [-0.1, -0.05) is 0 Å². The monoisotopic (exact) mass is 1150 g/mol. The van der Waals surface area contributed by atoms with E-state index in [-0.39, 0.29) is 83.8 Å². The molecule has 82 heavy (non-hydrogen) atoms. The minimum absolute atomic E-state index is 0.00147. The molecule has 0 aliphatic heterocycles. The van der Waals surface area contributed by atoms with Crippen molar-refractivity contribution < 1.29 is 84.1 Å². The number of halogens is 8. The van der Waals surface area contributed by atoms with E-state index in [0.717, 1.165) is 62.1 Å². The highest BCUT2D eigenvalue weighted by molar-refractivity contribution is 5.97. The van der Waals surface area contributed by atoms with Crippen LogP contribution in [-0.2, 0) is 22.3 Å². The second kappa shape index (κ2) is 25.2. The van der Waals surface area contributed by atoms with Crippen LogP contribution in [0, 0.1) is 11.6 Å². The largest absolute Gasteiger partial charge is 0.487 e. The Labute approximate surface area is 468 Å². The summed E-state index contributed by atoms with van der Waals surface area (Å²) in [6.45, 7) is 5.88. The van der Waals surface area contributed by atoms with E-state index in [1.165, 1.54) is 72.8 Å². The molecule has 22 heteroatoms. The van der Waals surface area contributed by atoms with Crippen LogP contribution < -0.4 is 30.4 Å². The first kappa shape index (κ1) is 62.5. The number of benzene rings is 4. The van der Waals surface area contributed by atoms with Gasteiger partial charge in [0.05, 0.1) is 48.2 Å². The van der Waals surface area contributed by atoms with E-state index in [1.54, 1.807) is 27.7 Å². The van der Waals surface area contributed by atoms with Crippen LogP contribution in [0.3, 0.4) is 0 Å². The molecule has 440 valence electrons. The number of carbonyl (C=O) groups excluding carboxylic acids is 2. The van der Waals surface area contributed by atoms with E-state index in [4.69, 9.17) is 40.6 Å². The first-order valence-corrected chi connectivity index (χ1v) is 26.3. The lowest BCUT2D eigenvalue weighted by Crippen LogP contribution is -2.44. The lowest BCUT2D eigenvalue weighted by Gasteiger charge is -2.32. The summed E-state index contributed by atoms with van der Waals surface area (Å²) in [6, 6.07) is 23.7. The number of aliphatic hydroxyl groups is 4. The van der Waals surface area contributed by atoms with Gasteiger partial charge < -0.3 is 50.8 Å². The van der Waals surface area contributed by atoms with E-state index in [2.05, 4.69) is 9.97 Å². The predicted octanol–water partition coefficient (Wildman–Crippen LogP) is 10.8. The second-order valence-corrected chi connectivity index (χ2v) is 21.4. The van der Waals surface area contributed by atoms with E-state index < -0.39 is 94.9 Å². The van der Waals surface area contributed by atoms with Crippen LogP contribution in [0.5, 0.6) is 23.0 Å². The normalized spacial score (nSPS) is 15.3. The van der Waals surface area contributed by atoms with Gasteiger partial charge in [-0.15, -0.1) is 0 Å². The number of nitrogens with two attached hydrogens (primary N) is 2. The van der Waals surface area contributed by atoms with Crippen molar-refractivity contribution in [1.82, 2.24) is 9.97 Å². The van der Waals surface area contributed by atoms with Gasteiger partial charge in [0, 0.05) is 46.2 Å². The molecule has 8 rings (SSSR count). The molecule has 0 bridgehead atoms. The number of hydrogen-bond donors (Lipinski definition) is 6. The second-order valence-electron chi connectivity index (χ2n) is 21.4. The molecule has 0 unspecified atom stereocenters. The van der Waals surface area contributed by atoms with Gasteiger partial charge in [-0.25, -0.2) is 18.7 Å². The van der Waals surface area contributed by atoms with Gasteiger partial charge >= 0.3 is 12.4 Å². The average molecular weight is 1150 g/mol. The third-order valence-corrected chi connectivity index (χ3v) is 13.5. The zero-order valence-corrected chi connectivity index (χ0v) is 45.3. The molecular weight excluding hydrogens is 1090 g/mol. The summed E-state index contributed by atoms with van der Waals surface area (Å²) in [5.74, 6) is -1.28. The third kappa shape index (κ3) is 15.7. The van der Waals surface area contributed by atoms with Gasteiger partial charge in [-0.3, -0.25) is 9.59 Å². The third-order valence-electron chi connectivity index (χ3n) is 13.5. The van der Waals surface area contributed by atoms with Crippen molar-refractivity contribution in [2.45, 2.75) is 126 Å². The maximum Gasteiger partial charge on any atom is 0.422 e. The highest BCUT2D eigenvalue weighted by Gasteiger charge is 2.57. The molecule has 2 atom stereocenters. The molecule has 0 radical (unpaired) electrons. The summed E-state index contributed by atoms with van der Waals surface area (Å²) in [7, 11) is 0. The van der Waals surface area contributed by atoms with Gasteiger partial charge in [0.25, 0.3) is 0 Å². The van der Waals surface area contributed by atoms with E-state index in [1.807, 2.05) is 0 Å². The van der Waals surface area contributed by atoms with Crippen LogP contribution in [0.2, 0.25) is 0 Å². The fraction of sp³-hybridized carbons (Fsp3) is 0.400. The summed E-state index contributed by atoms with van der Waals surface area (Å²) < 4.78 is 136. The van der Waals surface area contributed by atoms with E-state index in [9.17, 15) is 54.9 Å². The Morgan fingerprint density at radius 1 is 0.524 bits per heavy atom. The highest BCUT2D eigenvalue weighted by Crippen LogP contribution is 2.46. The van der Waals surface area contributed by atoms with Crippen LogP contribution in [0.4, 0.5) is 35.1 Å². The number of Topliss-reactive ketones (excluding diaryl/α,β-unsaturated/α-hetero) is 2. The molecule has 2 aliphatic carbocycles. The lowest BCUT2D eigenvalue weighted by atomic mass is 9.86. The topological polar surface area (TPSA) is 230 Å². The molecule has 0 saturated heterocycles. The summed E-state index contributed by atoms with van der Waals surface area (Å²) in [5.41, 5.74) is 3.22. The number of carbonyl (C=O) groups is 2. The minimum Gasteiger partial charge on any atom is -0.487 e. The Bertz CT molecular complexity index is 2980. The summed E-state index contributed by atoms with van der Waals surface area (Å²) >= 11 is 0. The van der Waals surface area contributed by atoms with Crippen molar-refractivity contribution in [3.05, 3.63) is 154 Å². The number of ether oxygens (including phenoxy) is 4. The molecule has 4 aromatic carbocycles. The maximum atomic E-state index is 14.5. The Kier molecular flexibility index (Phi) is 19.2. The van der Waals surface area contributed by atoms with Gasteiger partial charge in [0.15, 0.2) is 34.6 Å². The zero-order chi connectivity index (χ0) is 60.0. The fourth-order valence-corrected chi connectivity index (χ4v) is 8.30. The van der Waals surface area contributed by atoms with Gasteiger partial charge in [0.2, 0.25) is 11.2 Å². The molecule has 2 aliphatic rings. The standard InChI is InChI=1S/2C30H32F4N2O5/c2*1-28(2,35)20-16-23(18-3-6-21(31)7-4-18)36-27(17-20)29(39,30(32,33)34)12-11-24(38)19-5-10-25(40-14-13-37)26(15-19)41-22-8-9-22/h2*3-7,10,15-17,22,37,39H,8-9,11-14,35H2,1-2H3/t2*29-/m10/s1. The van der Waals surface area contributed by atoms with Crippen LogP contribution in [0.25, 0.3) is 22.5 Å². The summed E-state index contributed by atoms with van der Waals surface area (Å²) in [5, 5.41) is 40.4. The molecule has 0 amide bonds. The first-order valence-electron chi connectivity index (χ1n) is 26.3. The molecule has 14 nitrogen and oxygen atoms in total. The fourth-order valence-electron chi connectivity index (χ4n) is 8.30. The number of rotatable bonds is 24. The van der Waals surface area contributed by atoms with Crippen LogP contribution in [-0.4, -0.2) is 92.9 Å². The number of alkyl halides is 6. The smallest absolute Gasteiger partial charge is 0.422 e. The number of nitrogens with zero attached hydrogens (tertiary/aromatic N) is 2. The average Bonchev–Trinajstić information content (AvgIpc) is 4.58. The van der Waals surface area contributed by atoms with Crippen molar-refractivity contribution >= 4 is 11.6 Å². The quantitative estimate of drug-likeness (QED) is 0.0245. The van der Waals surface area contributed by atoms with E-state index in [0.29, 0.717) is 22.6 Å². The molecule has 0 spiro atoms. The van der Waals surface area contributed by atoms with E-state index >= 15 is 0 Å². The summed E-state index contributed by atoms with van der Waals surface area (Å²) in [6.07, 6.45) is -10.6. The minimum atomic E-state index is -5.19. The van der Waals surface area contributed by atoms with Crippen molar-refractivity contribution in [3.8, 4) is 45.5 Å². The Morgan fingerprint density at radius 3 is 1.16 bits per heavy atom. The predicted molar refractivity (Wildman–Crippen MR) is 286 cm³/mol. The molecule has 2 saturated carbocycles. The number of ketones is 2. The van der Waals surface area contributed by atoms with Crippen molar-refractivity contribution in [2.24, 2.45) is 11.5 Å². The molecule has 2 heterocycles. The first-order chi connectivity index (χ1) is 38.4. The molecule has 8 N–H and O–H groups in total. The van der Waals surface area contributed by atoms with Gasteiger partial charge in [0.1, 0.15) is 24.8 Å². The Morgan fingerprint density at radius 2 is 0.866 bits per heavy atom. The van der Waals surface area contributed by atoms with Crippen molar-refractivity contribution in [3.63, 3.8) is 0 Å². The van der Waals surface area contributed by atoms with Crippen LogP contribution in [0.1, 0.15) is 122 Å². The lowest BCUT2D eigenvalue weighted by molar-refractivity contribution is -0.270. The summed E-state index contributed by atoms with van der Waals surface area (Å²) in [4.78, 5) is 34.4. The molecule has 2 fully saturated rings. The maximum absolute atomic E-state index is 14.5.